The lowest BCUT2D eigenvalue weighted by Crippen LogP contribution is -2.62. The molecule has 1 amide bonds. The second-order valence-electron chi connectivity index (χ2n) is 4.76. The van der Waals surface area contributed by atoms with Crippen LogP contribution >= 0.6 is 0 Å². The molecule has 98 valence electrons. The number of aromatic amines is 1. The molecule has 1 saturated heterocycles. The van der Waals surface area contributed by atoms with Gasteiger partial charge >= 0.3 is 0 Å². The molecule has 1 aromatic rings. The predicted molar refractivity (Wildman–Crippen MR) is 60.8 cm³/mol. The highest BCUT2D eigenvalue weighted by Crippen LogP contribution is 2.43. The fourth-order valence-electron chi connectivity index (χ4n) is 2.97. The Hall–Kier alpha value is -1.47. The lowest BCUT2D eigenvalue weighted by Gasteiger charge is -2.47. The number of nitrogens with one attached hydrogen (secondary N) is 2. The smallest absolute Gasteiger partial charge is 0.273 e. The van der Waals surface area contributed by atoms with Crippen LogP contribution in [0.4, 0.5) is 0 Å². The van der Waals surface area contributed by atoms with E-state index in [2.05, 4.69) is 20.7 Å². The summed E-state index contributed by atoms with van der Waals surface area (Å²) in [6.07, 6.45) is 2.64. The van der Waals surface area contributed by atoms with Crippen molar-refractivity contribution >= 4 is 5.91 Å². The van der Waals surface area contributed by atoms with Gasteiger partial charge in [0.15, 0.2) is 5.69 Å². The Labute approximate surface area is 104 Å². The van der Waals surface area contributed by atoms with E-state index in [-0.39, 0.29) is 24.0 Å². The normalized spacial score (nSPS) is 33.8. The standard InChI is InChI=1S/C11H16N4O3/c1-17-5-7-9(6-2-3-18-10(6)7)13-11(16)8-4-12-15-14-8/h4,6-7,9-10H,2-3,5H2,1H3,(H,13,16)(H,12,14,15)/t6-,7+,9+,10-/m1/s1. The summed E-state index contributed by atoms with van der Waals surface area (Å²) in [5.74, 6) is 0.444. The van der Waals surface area contributed by atoms with Gasteiger partial charge in [-0.1, -0.05) is 0 Å². The first-order valence-corrected chi connectivity index (χ1v) is 6.08. The van der Waals surface area contributed by atoms with E-state index in [0.29, 0.717) is 18.2 Å². The number of methoxy groups -OCH3 is 1. The van der Waals surface area contributed by atoms with Gasteiger partial charge < -0.3 is 14.8 Å². The summed E-state index contributed by atoms with van der Waals surface area (Å²) in [6, 6.07) is 0.113. The van der Waals surface area contributed by atoms with Gasteiger partial charge in [-0.3, -0.25) is 4.79 Å². The Bertz CT molecular complexity index is 422. The maximum absolute atomic E-state index is 11.9. The number of H-pyrrole nitrogens is 1. The SMILES string of the molecule is COC[C@H]1[C@@H](NC(=O)c2cn[nH]n2)[C@H]2CCO[C@H]21. The summed E-state index contributed by atoms with van der Waals surface area (Å²) in [5, 5.41) is 12.8. The number of carbonyl (C=O) groups excluding carboxylic acids is 1. The molecule has 2 heterocycles. The minimum Gasteiger partial charge on any atom is -0.384 e. The number of aromatic nitrogens is 3. The van der Waals surface area contributed by atoms with E-state index in [0.717, 1.165) is 13.0 Å². The van der Waals surface area contributed by atoms with Gasteiger partial charge in [0.2, 0.25) is 0 Å². The van der Waals surface area contributed by atoms with Crippen LogP contribution in [0, 0.1) is 11.8 Å². The van der Waals surface area contributed by atoms with Gasteiger partial charge in [0.05, 0.1) is 18.9 Å². The van der Waals surface area contributed by atoms with Gasteiger partial charge in [0.1, 0.15) is 0 Å². The highest BCUT2D eigenvalue weighted by atomic mass is 16.5. The molecule has 0 spiro atoms. The van der Waals surface area contributed by atoms with Gasteiger partial charge in [-0.15, -0.1) is 0 Å². The van der Waals surface area contributed by atoms with Gasteiger partial charge in [-0.05, 0) is 6.42 Å². The zero-order valence-electron chi connectivity index (χ0n) is 10.1. The molecule has 3 rings (SSSR count). The summed E-state index contributed by atoms with van der Waals surface area (Å²) in [5.41, 5.74) is 0.313. The minimum absolute atomic E-state index is 0.113. The highest BCUT2D eigenvalue weighted by molar-refractivity contribution is 5.92. The number of amides is 1. The molecule has 0 unspecified atom stereocenters. The number of fused-ring (bicyclic) bond motifs is 1. The Morgan fingerprint density at radius 3 is 3.33 bits per heavy atom. The van der Waals surface area contributed by atoms with E-state index in [1.165, 1.54) is 6.20 Å². The molecule has 1 saturated carbocycles. The quantitative estimate of drug-likeness (QED) is 0.760. The maximum atomic E-state index is 11.9. The molecular weight excluding hydrogens is 236 g/mol. The lowest BCUT2D eigenvalue weighted by molar-refractivity contribution is -0.0810. The lowest BCUT2D eigenvalue weighted by atomic mass is 9.67. The molecule has 2 aliphatic rings. The van der Waals surface area contributed by atoms with Crippen molar-refractivity contribution in [2.75, 3.05) is 20.3 Å². The zero-order chi connectivity index (χ0) is 12.5. The molecule has 0 bridgehead atoms. The van der Waals surface area contributed by atoms with Crippen molar-refractivity contribution in [1.82, 2.24) is 20.7 Å². The van der Waals surface area contributed by atoms with Crippen molar-refractivity contribution in [2.45, 2.75) is 18.6 Å². The topological polar surface area (TPSA) is 89.1 Å². The molecule has 2 fully saturated rings. The minimum atomic E-state index is -0.194. The first-order chi connectivity index (χ1) is 8.81. The Balaban J connectivity index is 1.66. The molecule has 1 aliphatic carbocycles. The van der Waals surface area contributed by atoms with Crippen LogP contribution in [0.5, 0.6) is 0 Å². The van der Waals surface area contributed by atoms with E-state index in [9.17, 15) is 4.79 Å². The monoisotopic (exact) mass is 252 g/mol. The van der Waals surface area contributed by atoms with Crippen LogP contribution in [0.1, 0.15) is 16.9 Å². The summed E-state index contributed by atoms with van der Waals surface area (Å²) < 4.78 is 10.8. The largest absolute Gasteiger partial charge is 0.384 e. The van der Waals surface area contributed by atoms with Gasteiger partial charge in [0.25, 0.3) is 5.91 Å². The zero-order valence-corrected chi connectivity index (χ0v) is 10.1. The second kappa shape index (κ2) is 4.66. The Morgan fingerprint density at radius 1 is 1.72 bits per heavy atom. The number of ether oxygens (including phenoxy) is 2. The summed E-state index contributed by atoms with van der Waals surface area (Å²) >= 11 is 0. The van der Waals surface area contributed by atoms with E-state index in [1.807, 2.05) is 0 Å². The van der Waals surface area contributed by atoms with Crippen molar-refractivity contribution in [2.24, 2.45) is 11.8 Å². The van der Waals surface area contributed by atoms with Gasteiger partial charge in [0, 0.05) is 31.6 Å². The van der Waals surface area contributed by atoms with Crippen LogP contribution in [0.3, 0.4) is 0 Å². The summed E-state index contributed by atoms with van der Waals surface area (Å²) in [7, 11) is 1.67. The van der Waals surface area contributed by atoms with Gasteiger partial charge in [-0.2, -0.15) is 15.4 Å². The first-order valence-electron chi connectivity index (χ1n) is 6.08. The van der Waals surface area contributed by atoms with Crippen molar-refractivity contribution < 1.29 is 14.3 Å². The predicted octanol–water partition coefficient (Wildman–Crippen LogP) is -0.416. The average molecular weight is 252 g/mol. The highest BCUT2D eigenvalue weighted by Gasteiger charge is 2.54. The summed E-state index contributed by atoms with van der Waals surface area (Å²) in [6.45, 7) is 1.37. The van der Waals surface area contributed by atoms with E-state index >= 15 is 0 Å². The average Bonchev–Trinajstić information content (AvgIpc) is 3.02. The molecule has 4 atom stereocenters. The van der Waals surface area contributed by atoms with E-state index < -0.39 is 0 Å². The third kappa shape index (κ3) is 1.79. The molecule has 0 radical (unpaired) electrons. The molecule has 0 aromatic carbocycles. The number of hydrogen-bond acceptors (Lipinski definition) is 5. The third-order valence-electron chi connectivity index (χ3n) is 3.83. The fraction of sp³-hybridized carbons (Fsp3) is 0.727. The van der Waals surface area contributed by atoms with Crippen molar-refractivity contribution in [3.63, 3.8) is 0 Å². The van der Waals surface area contributed by atoms with E-state index in [1.54, 1.807) is 7.11 Å². The molecule has 1 aromatic heterocycles. The molecular formula is C11H16N4O3. The number of rotatable bonds is 4. The first kappa shape index (κ1) is 11.6. The number of hydrogen-bond donors (Lipinski definition) is 2. The van der Waals surface area contributed by atoms with Crippen molar-refractivity contribution in [1.29, 1.82) is 0 Å². The molecule has 7 nitrogen and oxygen atoms in total. The van der Waals surface area contributed by atoms with Crippen LogP contribution in [0.15, 0.2) is 6.20 Å². The summed E-state index contributed by atoms with van der Waals surface area (Å²) in [4.78, 5) is 11.9. The van der Waals surface area contributed by atoms with Crippen molar-refractivity contribution in [3.05, 3.63) is 11.9 Å². The molecule has 7 heteroatoms. The van der Waals surface area contributed by atoms with Gasteiger partial charge in [-0.25, -0.2) is 0 Å². The van der Waals surface area contributed by atoms with Crippen LogP contribution < -0.4 is 5.32 Å². The van der Waals surface area contributed by atoms with Crippen LogP contribution in [0.2, 0.25) is 0 Å². The van der Waals surface area contributed by atoms with Crippen LogP contribution in [-0.4, -0.2) is 53.8 Å². The van der Waals surface area contributed by atoms with E-state index in [4.69, 9.17) is 9.47 Å². The second-order valence-corrected chi connectivity index (χ2v) is 4.76. The number of nitrogens with zero attached hydrogens (tertiary/aromatic N) is 2. The number of carbonyl (C=O) groups is 1. The molecule has 18 heavy (non-hydrogen) atoms. The third-order valence-corrected chi connectivity index (χ3v) is 3.83. The van der Waals surface area contributed by atoms with Crippen LogP contribution in [-0.2, 0) is 9.47 Å². The fourth-order valence-corrected chi connectivity index (χ4v) is 2.97. The molecule has 1 aliphatic heterocycles. The Morgan fingerprint density at radius 2 is 2.61 bits per heavy atom. The van der Waals surface area contributed by atoms with Crippen LogP contribution in [0.25, 0.3) is 0 Å². The maximum Gasteiger partial charge on any atom is 0.273 e. The molecule has 2 N–H and O–H groups in total. The van der Waals surface area contributed by atoms with Crippen molar-refractivity contribution in [3.8, 4) is 0 Å². The Kier molecular flexibility index (Phi) is 3.00.